The summed E-state index contributed by atoms with van der Waals surface area (Å²) in [7, 11) is 0. The van der Waals surface area contributed by atoms with Crippen molar-refractivity contribution < 1.29 is 19.4 Å². The molecule has 0 radical (unpaired) electrons. The largest absolute Gasteiger partial charge is 0.336 e. The second kappa shape index (κ2) is 12.7. The first-order valence-electron chi connectivity index (χ1n) is 11.4. The fourth-order valence-corrected chi connectivity index (χ4v) is 3.79. The maximum Gasteiger partial charge on any atom is 0.333 e. The molecule has 0 heterocycles. The molecule has 6 N–H and O–H groups in total. The summed E-state index contributed by atoms with van der Waals surface area (Å²) >= 11 is 0. The number of anilines is 2. The van der Waals surface area contributed by atoms with Gasteiger partial charge in [-0.3, -0.25) is 41.9 Å². The van der Waals surface area contributed by atoms with Crippen LogP contribution in [-0.4, -0.2) is 35.0 Å². The van der Waals surface area contributed by atoms with Gasteiger partial charge in [0.15, 0.2) is 0 Å². The molecular weight excluding hydrogens is 472 g/mol. The summed E-state index contributed by atoms with van der Waals surface area (Å²) in [5, 5.41) is 27.0. The molecule has 0 bridgehead atoms. The second-order valence-electron chi connectivity index (χ2n) is 8.41. The van der Waals surface area contributed by atoms with E-state index in [9.17, 15) is 29.8 Å². The summed E-state index contributed by atoms with van der Waals surface area (Å²) in [6.07, 6.45) is 3.69. The second-order valence-corrected chi connectivity index (χ2v) is 8.41. The van der Waals surface area contributed by atoms with Crippen LogP contribution >= 0.6 is 0 Å². The van der Waals surface area contributed by atoms with Crippen molar-refractivity contribution in [1.82, 2.24) is 21.5 Å². The minimum atomic E-state index is -0.495. The lowest BCUT2D eigenvalue weighted by Crippen LogP contribution is -2.43. The van der Waals surface area contributed by atoms with E-state index in [2.05, 4.69) is 32.3 Å². The number of hydrogen-bond donors (Lipinski definition) is 6. The maximum atomic E-state index is 12.0. The lowest BCUT2D eigenvalue weighted by molar-refractivity contribution is -0.385. The van der Waals surface area contributed by atoms with Crippen molar-refractivity contribution in [3.8, 4) is 0 Å². The Morgan fingerprint density at radius 3 is 1.31 bits per heavy atom. The Labute approximate surface area is 206 Å². The number of rotatable bonds is 10. The van der Waals surface area contributed by atoms with Crippen LogP contribution < -0.4 is 32.3 Å². The van der Waals surface area contributed by atoms with Gasteiger partial charge in [0.2, 0.25) is 0 Å². The van der Waals surface area contributed by atoms with E-state index >= 15 is 0 Å². The number of carbonyl (C=O) groups excluding carboxylic acids is 2. The fraction of sp³-hybridized carbons (Fsp3) is 0.364. The van der Waals surface area contributed by atoms with Crippen LogP contribution in [0.25, 0.3) is 0 Å². The Balaban J connectivity index is 1.25. The molecule has 1 aliphatic carbocycles. The average molecular weight is 501 g/mol. The van der Waals surface area contributed by atoms with Crippen LogP contribution in [0.5, 0.6) is 0 Å². The molecule has 3 rings (SSSR count). The molecule has 0 spiro atoms. The molecule has 1 saturated carbocycles. The number of nitrogens with zero attached hydrogens (tertiary/aromatic N) is 2. The lowest BCUT2D eigenvalue weighted by Gasteiger charge is -2.28. The minimum absolute atomic E-state index is 0.0321. The highest BCUT2D eigenvalue weighted by Crippen LogP contribution is 2.28. The molecule has 14 nitrogen and oxygen atoms in total. The number of amides is 4. The zero-order chi connectivity index (χ0) is 25.9. The zero-order valence-electron chi connectivity index (χ0n) is 19.4. The van der Waals surface area contributed by atoms with Crippen molar-refractivity contribution in [1.29, 1.82) is 0 Å². The first-order chi connectivity index (χ1) is 17.3. The van der Waals surface area contributed by atoms with Crippen LogP contribution in [0.4, 0.5) is 32.3 Å². The summed E-state index contributed by atoms with van der Waals surface area (Å²) in [5.41, 5.74) is 11.4. The van der Waals surface area contributed by atoms with Gasteiger partial charge in [-0.15, -0.1) is 0 Å². The van der Waals surface area contributed by atoms with Gasteiger partial charge in [0.05, 0.1) is 21.2 Å². The number of nitro benzene ring substituents is 2. The van der Waals surface area contributed by atoms with Crippen LogP contribution in [0.3, 0.4) is 0 Å². The summed E-state index contributed by atoms with van der Waals surface area (Å²) in [6.45, 7) is 1.04. The molecule has 0 saturated heterocycles. The Kier molecular flexibility index (Phi) is 9.19. The van der Waals surface area contributed by atoms with Crippen LogP contribution in [0.1, 0.15) is 25.7 Å². The van der Waals surface area contributed by atoms with Crippen molar-refractivity contribution in [2.45, 2.75) is 25.7 Å². The number of nitrogens with one attached hydrogen (secondary N) is 6. The van der Waals surface area contributed by atoms with Crippen molar-refractivity contribution in [2.24, 2.45) is 11.8 Å². The van der Waals surface area contributed by atoms with E-state index in [0.29, 0.717) is 36.3 Å². The summed E-state index contributed by atoms with van der Waals surface area (Å²) < 4.78 is 0. The van der Waals surface area contributed by atoms with E-state index in [1.165, 1.54) is 48.5 Å². The predicted octanol–water partition coefficient (Wildman–Crippen LogP) is 3.26. The molecular formula is C22H28N8O6. The van der Waals surface area contributed by atoms with Gasteiger partial charge in [-0.1, -0.05) is 0 Å². The molecule has 0 aromatic heterocycles. The van der Waals surface area contributed by atoms with Gasteiger partial charge >= 0.3 is 12.1 Å². The monoisotopic (exact) mass is 500 g/mol. The van der Waals surface area contributed by atoms with Crippen molar-refractivity contribution in [2.75, 3.05) is 23.9 Å². The van der Waals surface area contributed by atoms with Gasteiger partial charge in [-0.2, -0.15) is 0 Å². The number of hydrogen-bond acceptors (Lipinski definition) is 8. The number of carbonyl (C=O) groups is 2. The molecule has 0 unspecified atom stereocenters. The first kappa shape index (κ1) is 26.0. The third-order valence-electron chi connectivity index (χ3n) is 5.87. The number of non-ortho nitro benzene ring substituents is 2. The standard InChI is InChI=1S/C22H28N8O6/c31-21(27-25-17-5-9-19(10-6-17)29(33)34)23-13-15-1-2-16(4-3-15)14-24-22(32)28-26-18-7-11-20(12-8-18)30(35)36/h5-12,15-16,25-26H,1-4,13-14H2,(H2,23,27,31)(H2,24,28,32). The molecule has 1 fully saturated rings. The van der Waals surface area contributed by atoms with Crippen molar-refractivity contribution >= 4 is 34.8 Å². The quantitative estimate of drug-likeness (QED) is 0.211. The normalized spacial score (nSPS) is 16.8. The van der Waals surface area contributed by atoms with E-state index in [4.69, 9.17) is 0 Å². The van der Waals surface area contributed by atoms with Crippen LogP contribution in [-0.2, 0) is 0 Å². The van der Waals surface area contributed by atoms with Gasteiger partial charge in [-0.25, -0.2) is 9.59 Å². The average Bonchev–Trinajstić information content (AvgIpc) is 2.89. The fourth-order valence-electron chi connectivity index (χ4n) is 3.79. The van der Waals surface area contributed by atoms with E-state index in [1.807, 2.05) is 0 Å². The highest BCUT2D eigenvalue weighted by molar-refractivity contribution is 5.76. The van der Waals surface area contributed by atoms with E-state index in [-0.39, 0.29) is 11.4 Å². The number of nitro groups is 2. The van der Waals surface area contributed by atoms with E-state index in [1.54, 1.807) is 0 Å². The Hall–Kier alpha value is -4.62. The molecule has 0 atom stereocenters. The van der Waals surface area contributed by atoms with Gasteiger partial charge in [0, 0.05) is 37.4 Å². The smallest absolute Gasteiger partial charge is 0.333 e. The van der Waals surface area contributed by atoms with Crippen molar-refractivity contribution in [3.63, 3.8) is 0 Å². The third-order valence-corrected chi connectivity index (χ3v) is 5.87. The molecule has 2 aromatic carbocycles. The van der Waals surface area contributed by atoms with E-state index in [0.717, 1.165) is 25.7 Å². The van der Waals surface area contributed by atoms with Gasteiger partial charge in [0.1, 0.15) is 0 Å². The molecule has 2 aromatic rings. The Morgan fingerprint density at radius 1 is 0.667 bits per heavy atom. The third kappa shape index (κ3) is 8.30. The van der Waals surface area contributed by atoms with Crippen LogP contribution in [0, 0.1) is 32.1 Å². The Bertz CT molecular complexity index is 970. The lowest BCUT2D eigenvalue weighted by atomic mass is 9.82. The summed E-state index contributed by atoms with van der Waals surface area (Å²) in [6, 6.07) is 10.6. The SMILES string of the molecule is O=C(NCC1CCC(CNC(=O)NNc2ccc([N+](=O)[O-])cc2)CC1)NNc1ccc([N+](=O)[O-])cc1. The van der Waals surface area contributed by atoms with Gasteiger partial charge < -0.3 is 10.6 Å². The highest BCUT2D eigenvalue weighted by Gasteiger charge is 2.22. The zero-order valence-corrected chi connectivity index (χ0v) is 19.4. The summed E-state index contributed by atoms with van der Waals surface area (Å²) in [5.74, 6) is 0.674. The maximum absolute atomic E-state index is 12.0. The minimum Gasteiger partial charge on any atom is -0.336 e. The number of urea groups is 2. The number of benzene rings is 2. The molecule has 36 heavy (non-hydrogen) atoms. The predicted molar refractivity (Wildman–Crippen MR) is 132 cm³/mol. The molecule has 4 amide bonds. The van der Waals surface area contributed by atoms with Gasteiger partial charge in [0.25, 0.3) is 11.4 Å². The van der Waals surface area contributed by atoms with E-state index < -0.39 is 21.9 Å². The summed E-state index contributed by atoms with van der Waals surface area (Å²) in [4.78, 5) is 44.3. The molecule has 192 valence electrons. The topological polar surface area (TPSA) is 193 Å². The Morgan fingerprint density at radius 2 is 1.00 bits per heavy atom. The molecule has 1 aliphatic rings. The molecule has 0 aliphatic heterocycles. The van der Waals surface area contributed by atoms with Gasteiger partial charge in [-0.05, 0) is 61.8 Å². The molecule has 14 heteroatoms. The highest BCUT2D eigenvalue weighted by atomic mass is 16.6. The van der Waals surface area contributed by atoms with Crippen molar-refractivity contribution in [3.05, 3.63) is 68.8 Å². The van der Waals surface area contributed by atoms with Crippen LogP contribution in [0.2, 0.25) is 0 Å². The number of hydrazine groups is 2. The first-order valence-corrected chi connectivity index (χ1v) is 11.4. The van der Waals surface area contributed by atoms with Crippen LogP contribution in [0.15, 0.2) is 48.5 Å².